The molecule has 0 aliphatic carbocycles. The van der Waals surface area contributed by atoms with Crippen molar-refractivity contribution < 1.29 is 9.32 Å². The largest absolute Gasteiger partial charge is 0.360 e. The summed E-state index contributed by atoms with van der Waals surface area (Å²) in [6.45, 7) is 14.4. The minimum Gasteiger partial charge on any atom is -0.360 e. The van der Waals surface area contributed by atoms with Crippen LogP contribution in [-0.4, -0.2) is 42.1 Å². The standard InChI is InChI=1S/C18H33N3O2/c1-8-10-11-21(7)14(4)18(5,6)12-19-17(22)16-13(3)15(9-2)23-20-16/h14H,8-12H2,1-7H3,(H,19,22). The lowest BCUT2D eigenvalue weighted by Crippen LogP contribution is -2.47. The van der Waals surface area contributed by atoms with Gasteiger partial charge in [0.2, 0.25) is 0 Å². The average molecular weight is 323 g/mol. The molecular formula is C18H33N3O2. The second-order valence-electron chi connectivity index (χ2n) is 7.11. The highest BCUT2D eigenvalue weighted by Crippen LogP contribution is 2.24. The first-order valence-electron chi connectivity index (χ1n) is 8.68. The van der Waals surface area contributed by atoms with Crippen molar-refractivity contribution in [2.45, 2.75) is 66.8 Å². The van der Waals surface area contributed by atoms with Crippen LogP contribution in [0.2, 0.25) is 0 Å². The number of unbranched alkanes of at least 4 members (excludes halogenated alkanes) is 1. The fraction of sp³-hybridized carbons (Fsp3) is 0.778. The van der Waals surface area contributed by atoms with Gasteiger partial charge >= 0.3 is 0 Å². The summed E-state index contributed by atoms with van der Waals surface area (Å²) in [5, 5.41) is 6.93. The maximum atomic E-state index is 12.4. The number of carbonyl (C=O) groups excluding carboxylic acids is 1. The summed E-state index contributed by atoms with van der Waals surface area (Å²) < 4.78 is 5.21. The van der Waals surface area contributed by atoms with Crippen LogP contribution in [0, 0.1) is 12.3 Å². The molecule has 1 amide bonds. The van der Waals surface area contributed by atoms with Gasteiger partial charge in [-0.3, -0.25) is 4.79 Å². The fourth-order valence-electron chi connectivity index (χ4n) is 2.65. The molecule has 0 fully saturated rings. The first-order chi connectivity index (χ1) is 10.7. The number of nitrogens with zero attached hydrogens (tertiary/aromatic N) is 2. The monoisotopic (exact) mass is 323 g/mol. The van der Waals surface area contributed by atoms with Crippen molar-refractivity contribution in [3.63, 3.8) is 0 Å². The van der Waals surface area contributed by atoms with Crippen molar-refractivity contribution >= 4 is 5.91 Å². The SMILES string of the molecule is CCCCN(C)C(C)C(C)(C)CNC(=O)c1noc(CC)c1C. The number of hydrogen-bond acceptors (Lipinski definition) is 4. The number of amides is 1. The lowest BCUT2D eigenvalue weighted by Gasteiger charge is -2.38. The van der Waals surface area contributed by atoms with Crippen LogP contribution >= 0.6 is 0 Å². The predicted octanol–water partition coefficient (Wildman–Crippen LogP) is 3.42. The van der Waals surface area contributed by atoms with Crippen molar-refractivity contribution in [3.05, 3.63) is 17.0 Å². The molecule has 1 heterocycles. The van der Waals surface area contributed by atoms with Crippen molar-refractivity contribution in [1.29, 1.82) is 0 Å². The molecule has 0 bridgehead atoms. The molecule has 0 aliphatic heterocycles. The number of rotatable bonds is 9. The third-order valence-electron chi connectivity index (χ3n) is 4.92. The summed E-state index contributed by atoms with van der Waals surface area (Å²) in [6.07, 6.45) is 3.14. The van der Waals surface area contributed by atoms with Crippen LogP contribution < -0.4 is 5.32 Å². The number of aromatic nitrogens is 1. The zero-order valence-corrected chi connectivity index (χ0v) is 15.8. The minimum absolute atomic E-state index is 0.0244. The molecule has 1 unspecified atom stereocenters. The zero-order valence-electron chi connectivity index (χ0n) is 15.8. The summed E-state index contributed by atoms with van der Waals surface area (Å²) in [7, 11) is 2.15. The van der Waals surface area contributed by atoms with Gasteiger partial charge in [0, 0.05) is 24.6 Å². The van der Waals surface area contributed by atoms with E-state index in [2.05, 4.69) is 50.1 Å². The topological polar surface area (TPSA) is 58.4 Å². The molecule has 1 aromatic rings. The van der Waals surface area contributed by atoms with Gasteiger partial charge in [-0.25, -0.2) is 0 Å². The molecule has 0 spiro atoms. The number of carbonyl (C=O) groups is 1. The van der Waals surface area contributed by atoms with E-state index in [0.29, 0.717) is 18.3 Å². The Balaban J connectivity index is 2.63. The van der Waals surface area contributed by atoms with Crippen molar-refractivity contribution in [1.82, 2.24) is 15.4 Å². The summed E-state index contributed by atoms with van der Waals surface area (Å²) >= 11 is 0. The van der Waals surface area contributed by atoms with E-state index >= 15 is 0 Å². The Labute approximate surface area is 140 Å². The molecule has 0 saturated heterocycles. The molecule has 1 aromatic heterocycles. The van der Waals surface area contributed by atoms with E-state index in [4.69, 9.17) is 4.52 Å². The average Bonchev–Trinajstić information content (AvgIpc) is 2.90. The highest BCUT2D eigenvalue weighted by molar-refractivity contribution is 5.93. The Hall–Kier alpha value is -1.36. The maximum absolute atomic E-state index is 12.4. The van der Waals surface area contributed by atoms with Gasteiger partial charge in [0.15, 0.2) is 5.69 Å². The van der Waals surface area contributed by atoms with Gasteiger partial charge in [-0.1, -0.05) is 39.3 Å². The van der Waals surface area contributed by atoms with Crippen LogP contribution in [-0.2, 0) is 6.42 Å². The fourth-order valence-corrected chi connectivity index (χ4v) is 2.65. The molecule has 0 saturated carbocycles. The van der Waals surface area contributed by atoms with Crippen LogP contribution in [0.15, 0.2) is 4.52 Å². The van der Waals surface area contributed by atoms with Gasteiger partial charge in [-0.05, 0) is 39.3 Å². The lowest BCUT2D eigenvalue weighted by atomic mass is 9.84. The molecule has 5 nitrogen and oxygen atoms in total. The van der Waals surface area contributed by atoms with Gasteiger partial charge < -0.3 is 14.7 Å². The Morgan fingerprint density at radius 3 is 2.57 bits per heavy atom. The third kappa shape index (κ3) is 5.06. The smallest absolute Gasteiger partial charge is 0.273 e. The van der Waals surface area contributed by atoms with Gasteiger partial charge in [0.1, 0.15) is 5.76 Å². The Bertz CT molecular complexity index is 508. The van der Waals surface area contributed by atoms with Crippen molar-refractivity contribution in [2.75, 3.05) is 20.1 Å². The van der Waals surface area contributed by atoms with Crippen LogP contribution in [0.3, 0.4) is 0 Å². The molecule has 1 rings (SSSR count). The van der Waals surface area contributed by atoms with Crippen molar-refractivity contribution in [3.8, 4) is 0 Å². The van der Waals surface area contributed by atoms with Gasteiger partial charge in [0.05, 0.1) is 0 Å². The van der Waals surface area contributed by atoms with E-state index in [9.17, 15) is 4.79 Å². The Kier molecular flexibility index (Phi) is 7.26. The Morgan fingerprint density at radius 2 is 2.04 bits per heavy atom. The van der Waals surface area contributed by atoms with Crippen LogP contribution in [0.1, 0.15) is 69.3 Å². The van der Waals surface area contributed by atoms with Gasteiger partial charge in [-0.2, -0.15) is 0 Å². The van der Waals surface area contributed by atoms with Crippen molar-refractivity contribution in [2.24, 2.45) is 5.41 Å². The Morgan fingerprint density at radius 1 is 1.39 bits per heavy atom. The summed E-state index contributed by atoms with van der Waals surface area (Å²) in [5.74, 6) is 0.629. The zero-order chi connectivity index (χ0) is 17.6. The second-order valence-corrected chi connectivity index (χ2v) is 7.11. The van der Waals surface area contributed by atoms with E-state index in [-0.39, 0.29) is 11.3 Å². The molecule has 132 valence electrons. The molecule has 0 aliphatic rings. The second kappa shape index (κ2) is 8.48. The first kappa shape index (κ1) is 19.7. The van der Waals surface area contributed by atoms with Crippen LogP contribution in [0.25, 0.3) is 0 Å². The molecule has 5 heteroatoms. The van der Waals surface area contributed by atoms with Gasteiger partial charge in [-0.15, -0.1) is 0 Å². The first-order valence-corrected chi connectivity index (χ1v) is 8.68. The van der Waals surface area contributed by atoms with E-state index in [1.165, 1.54) is 12.8 Å². The van der Waals surface area contributed by atoms with E-state index in [0.717, 1.165) is 24.3 Å². The van der Waals surface area contributed by atoms with Crippen LogP contribution in [0.5, 0.6) is 0 Å². The van der Waals surface area contributed by atoms with Crippen LogP contribution in [0.4, 0.5) is 0 Å². The minimum atomic E-state index is -0.151. The number of nitrogens with one attached hydrogen (secondary N) is 1. The molecule has 1 atom stereocenters. The highest BCUT2D eigenvalue weighted by Gasteiger charge is 2.30. The summed E-state index contributed by atoms with van der Waals surface area (Å²) in [6, 6.07) is 0.374. The molecule has 1 N–H and O–H groups in total. The van der Waals surface area contributed by atoms with E-state index < -0.39 is 0 Å². The maximum Gasteiger partial charge on any atom is 0.273 e. The van der Waals surface area contributed by atoms with Gasteiger partial charge in [0.25, 0.3) is 5.91 Å². The number of aryl methyl sites for hydroxylation is 1. The summed E-state index contributed by atoms with van der Waals surface area (Å²) in [4.78, 5) is 14.7. The molecule has 0 aromatic carbocycles. The summed E-state index contributed by atoms with van der Waals surface area (Å²) in [5.41, 5.74) is 1.23. The quantitative estimate of drug-likeness (QED) is 0.756. The molecule has 23 heavy (non-hydrogen) atoms. The lowest BCUT2D eigenvalue weighted by molar-refractivity contribution is 0.0868. The third-order valence-corrected chi connectivity index (χ3v) is 4.92. The highest BCUT2D eigenvalue weighted by atomic mass is 16.5. The molecule has 0 radical (unpaired) electrons. The number of hydrogen-bond donors (Lipinski definition) is 1. The van der Waals surface area contributed by atoms with E-state index in [1.54, 1.807) is 0 Å². The molecular weight excluding hydrogens is 290 g/mol. The normalized spacial score (nSPS) is 13.4. The van der Waals surface area contributed by atoms with E-state index in [1.807, 2.05) is 13.8 Å². The predicted molar refractivity (Wildman–Crippen MR) is 93.7 cm³/mol.